The molecule has 0 heterocycles. The maximum Gasteiger partial charge on any atom is 0.412 e. The minimum atomic E-state index is -1.12. The third-order valence-electron chi connectivity index (χ3n) is 0.368. The summed E-state index contributed by atoms with van der Waals surface area (Å²) in [6.45, 7) is 3.03. The summed E-state index contributed by atoms with van der Waals surface area (Å²) in [7, 11) is 0. The number of primary amides is 1. The summed E-state index contributed by atoms with van der Waals surface area (Å²) in [4.78, 5) is 19.7. The molecular weight excluding hydrogens is 110 g/mol. The first-order valence-electron chi connectivity index (χ1n) is 1.80. The first-order chi connectivity index (χ1) is 3.66. The first kappa shape index (κ1) is 6.68. The van der Waals surface area contributed by atoms with Crippen LogP contribution in [-0.4, -0.2) is 12.1 Å². The van der Waals surface area contributed by atoms with E-state index < -0.39 is 12.1 Å². The smallest absolute Gasteiger partial charge is 0.373 e. The normalized spacial score (nSPS) is 7.50. The standard InChI is InChI=1S/C4H5NO3/c1-2-3(6)8-4(5)7/h2H,1H2,(H2,5,7). The molecule has 0 radical (unpaired) electrons. The van der Waals surface area contributed by atoms with E-state index in [0.29, 0.717) is 0 Å². The van der Waals surface area contributed by atoms with Crippen LogP contribution in [0, 0.1) is 0 Å². The lowest BCUT2D eigenvalue weighted by Gasteiger charge is -1.88. The summed E-state index contributed by atoms with van der Waals surface area (Å²) in [6.07, 6.45) is -0.264. The van der Waals surface area contributed by atoms with Crippen molar-refractivity contribution in [2.75, 3.05) is 0 Å². The van der Waals surface area contributed by atoms with E-state index in [1.165, 1.54) is 0 Å². The summed E-state index contributed by atoms with van der Waals surface area (Å²) in [5.41, 5.74) is 4.44. The van der Waals surface area contributed by atoms with Crippen molar-refractivity contribution in [1.82, 2.24) is 0 Å². The molecule has 0 fully saturated rings. The van der Waals surface area contributed by atoms with Gasteiger partial charge in [0.2, 0.25) is 0 Å². The summed E-state index contributed by atoms with van der Waals surface area (Å²) >= 11 is 0. The molecule has 0 aromatic rings. The number of nitrogens with two attached hydrogens (primary N) is 1. The minimum Gasteiger partial charge on any atom is -0.373 e. The van der Waals surface area contributed by atoms with Crippen LogP contribution in [0.1, 0.15) is 0 Å². The number of rotatable bonds is 1. The Kier molecular flexibility index (Phi) is 2.33. The Bertz CT molecular complexity index is 129. The second kappa shape index (κ2) is 2.79. The second-order valence-electron chi connectivity index (χ2n) is 0.944. The lowest BCUT2D eigenvalue weighted by Crippen LogP contribution is -2.16. The number of hydrogen-bond acceptors (Lipinski definition) is 3. The van der Waals surface area contributed by atoms with Crippen LogP contribution < -0.4 is 5.73 Å². The Morgan fingerprint density at radius 3 is 2.25 bits per heavy atom. The van der Waals surface area contributed by atoms with Gasteiger partial charge in [0.25, 0.3) is 0 Å². The number of carbonyl (C=O) groups is 2. The Labute approximate surface area is 45.9 Å². The molecule has 0 aliphatic rings. The molecule has 1 amide bonds. The second-order valence-corrected chi connectivity index (χ2v) is 0.944. The summed E-state index contributed by atoms with van der Waals surface area (Å²) in [6, 6.07) is 0. The summed E-state index contributed by atoms with van der Waals surface area (Å²) in [5.74, 6) is -0.836. The van der Waals surface area contributed by atoms with Gasteiger partial charge in [0, 0.05) is 6.08 Å². The van der Waals surface area contributed by atoms with Gasteiger partial charge in [0.05, 0.1) is 0 Å². The fraction of sp³-hybridized carbons (Fsp3) is 0. The number of amides is 1. The molecule has 0 aliphatic carbocycles. The molecule has 0 bridgehead atoms. The average molecular weight is 115 g/mol. The topological polar surface area (TPSA) is 69.4 Å². The molecule has 0 aromatic heterocycles. The number of hydrogen-bond donors (Lipinski definition) is 1. The van der Waals surface area contributed by atoms with Gasteiger partial charge in [0.15, 0.2) is 0 Å². The summed E-state index contributed by atoms with van der Waals surface area (Å²) < 4.78 is 3.78. The van der Waals surface area contributed by atoms with E-state index >= 15 is 0 Å². The predicted molar refractivity (Wildman–Crippen MR) is 25.9 cm³/mol. The van der Waals surface area contributed by atoms with Crippen molar-refractivity contribution in [3.05, 3.63) is 12.7 Å². The lowest BCUT2D eigenvalue weighted by atomic mass is 10.7. The van der Waals surface area contributed by atoms with Gasteiger partial charge in [-0.05, 0) is 0 Å². The minimum absolute atomic E-state index is 0.836. The molecule has 0 atom stereocenters. The molecule has 0 unspecified atom stereocenters. The molecule has 0 spiro atoms. The molecule has 8 heavy (non-hydrogen) atoms. The van der Waals surface area contributed by atoms with Crippen LogP contribution in [0.15, 0.2) is 12.7 Å². The first-order valence-corrected chi connectivity index (χ1v) is 1.80. The fourth-order valence-electron chi connectivity index (χ4n) is 0.141. The van der Waals surface area contributed by atoms with E-state index in [-0.39, 0.29) is 0 Å². The number of carbonyl (C=O) groups excluding carboxylic acids is 2. The van der Waals surface area contributed by atoms with Gasteiger partial charge in [0.1, 0.15) is 0 Å². The zero-order valence-electron chi connectivity index (χ0n) is 4.09. The van der Waals surface area contributed by atoms with Crippen LogP contribution >= 0.6 is 0 Å². The molecule has 0 aromatic carbocycles. The molecule has 0 aliphatic heterocycles. The Morgan fingerprint density at radius 2 is 2.12 bits per heavy atom. The highest BCUT2D eigenvalue weighted by Gasteiger charge is 1.97. The molecule has 0 rings (SSSR count). The molecular formula is C4H5NO3. The van der Waals surface area contributed by atoms with Crippen LogP contribution in [0.25, 0.3) is 0 Å². The van der Waals surface area contributed by atoms with Crippen LogP contribution in [0.2, 0.25) is 0 Å². The van der Waals surface area contributed by atoms with Gasteiger partial charge in [-0.3, -0.25) is 0 Å². The highest BCUT2D eigenvalue weighted by Crippen LogP contribution is 1.75. The molecule has 0 saturated heterocycles. The monoisotopic (exact) mass is 115 g/mol. The van der Waals surface area contributed by atoms with E-state index in [2.05, 4.69) is 17.0 Å². The molecule has 44 valence electrons. The molecule has 4 heteroatoms. The van der Waals surface area contributed by atoms with Crippen molar-refractivity contribution in [2.24, 2.45) is 5.73 Å². The van der Waals surface area contributed by atoms with E-state index in [4.69, 9.17) is 0 Å². The Hall–Kier alpha value is -1.32. The SMILES string of the molecule is C=CC(=O)OC(N)=O. The van der Waals surface area contributed by atoms with Crippen LogP contribution in [0.3, 0.4) is 0 Å². The lowest BCUT2D eigenvalue weighted by molar-refractivity contribution is -0.131. The van der Waals surface area contributed by atoms with Crippen molar-refractivity contribution < 1.29 is 14.3 Å². The third-order valence-corrected chi connectivity index (χ3v) is 0.368. The highest BCUT2D eigenvalue weighted by atomic mass is 16.6. The Morgan fingerprint density at radius 1 is 1.62 bits per heavy atom. The van der Waals surface area contributed by atoms with Crippen LogP contribution in [0.4, 0.5) is 4.79 Å². The largest absolute Gasteiger partial charge is 0.412 e. The zero-order valence-corrected chi connectivity index (χ0v) is 4.09. The number of ether oxygens (including phenoxy) is 1. The van der Waals surface area contributed by atoms with Gasteiger partial charge < -0.3 is 10.5 Å². The summed E-state index contributed by atoms with van der Waals surface area (Å²) in [5, 5.41) is 0. The van der Waals surface area contributed by atoms with Crippen molar-refractivity contribution in [3.8, 4) is 0 Å². The number of esters is 1. The fourth-order valence-corrected chi connectivity index (χ4v) is 0.141. The van der Waals surface area contributed by atoms with Crippen molar-refractivity contribution in [2.45, 2.75) is 0 Å². The van der Waals surface area contributed by atoms with E-state index in [1.54, 1.807) is 0 Å². The molecule has 0 saturated carbocycles. The highest BCUT2D eigenvalue weighted by molar-refractivity contribution is 5.90. The third kappa shape index (κ3) is 2.89. The van der Waals surface area contributed by atoms with Gasteiger partial charge in [-0.1, -0.05) is 6.58 Å². The van der Waals surface area contributed by atoms with Crippen molar-refractivity contribution in [3.63, 3.8) is 0 Å². The molecule has 4 nitrogen and oxygen atoms in total. The van der Waals surface area contributed by atoms with Crippen molar-refractivity contribution in [1.29, 1.82) is 0 Å². The van der Waals surface area contributed by atoms with E-state index in [9.17, 15) is 9.59 Å². The average Bonchev–Trinajstić information content (AvgIpc) is 1.65. The van der Waals surface area contributed by atoms with Gasteiger partial charge in [-0.25, -0.2) is 9.59 Å². The van der Waals surface area contributed by atoms with Gasteiger partial charge >= 0.3 is 12.1 Å². The zero-order chi connectivity index (χ0) is 6.57. The van der Waals surface area contributed by atoms with E-state index in [1.807, 2.05) is 0 Å². The predicted octanol–water partition coefficient (Wildman–Crippen LogP) is -0.206. The maximum absolute atomic E-state index is 9.98. The van der Waals surface area contributed by atoms with Crippen LogP contribution in [-0.2, 0) is 9.53 Å². The van der Waals surface area contributed by atoms with Crippen molar-refractivity contribution >= 4 is 12.1 Å². The van der Waals surface area contributed by atoms with Gasteiger partial charge in [-0.15, -0.1) is 0 Å². The van der Waals surface area contributed by atoms with Crippen LogP contribution in [0.5, 0.6) is 0 Å². The quantitative estimate of drug-likeness (QED) is 0.292. The van der Waals surface area contributed by atoms with Gasteiger partial charge in [-0.2, -0.15) is 0 Å². The Balaban J connectivity index is 3.55. The maximum atomic E-state index is 9.98. The van der Waals surface area contributed by atoms with E-state index in [0.717, 1.165) is 6.08 Å². The molecule has 2 N–H and O–H groups in total.